The second kappa shape index (κ2) is 5.76. The van der Waals surface area contributed by atoms with Crippen molar-refractivity contribution in [2.75, 3.05) is 18.0 Å². The number of nitrogens with zero attached hydrogens (tertiary/aromatic N) is 1. The molecule has 1 atom stereocenters. The summed E-state index contributed by atoms with van der Waals surface area (Å²) in [5.74, 6) is 0. The largest absolute Gasteiger partial charge is 0.393 e. The molecule has 0 heterocycles. The Bertz CT molecular complexity index is 279. The van der Waals surface area contributed by atoms with Crippen molar-refractivity contribution in [1.29, 1.82) is 0 Å². The van der Waals surface area contributed by atoms with Crippen LogP contribution in [-0.4, -0.2) is 24.3 Å². The fourth-order valence-electron chi connectivity index (χ4n) is 1.57. The lowest BCUT2D eigenvalue weighted by molar-refractivity contribution is 0.186. The normalized spacial score (nSPS) is 12.5. The highest BCUT2D eigenvalue weighted by atomic mass is 16.3. The van der Waals surface area contributed by atoms with E-state index in [1.807, 2.05) is 6.92 Å². The van der Waals surface area contributed by atoms with Crippen LogP contribution >= 0.6 is 0 Å². The molecular formula is C13H21NO. The Morgan fingerprint density at radius 1 is 1.27 bits per heavy atom. The van der Waals surface area contributed by atoms with Gasteiger partial charge in [-0.15, -0.1) is 0 Å². The molecule has 15 heavy (non-hydrogen) atoms. The minimum Gasteiger partial charge on any atom is -0.393 e. The molecule has 0 amide bonds. The first-order valence-corrected chi connectivity index (χ1v) is 5.63. The molecule has 0 fully saturated rings. The summed E-state index contributed by atoms with van der Waals surface area (Å²) in [6.07, 6.45) is 0.603. The third-order valence-corrected chi connectivity index (χ3v) is 2.60. The van der Waals surface area contributed by atoms with Gasteiger partial charge in [0.1, 0.15) is 0 Å². The van der Waals surface area contributed by atoms with Crippen LogP contribution in [0.25, 0.3) is 0 Å². The first-order chi connectivity index (χ1) is 7.13. The van der Waals surface area contributed by atoms with E-state index in [1.54, 1.807) is 0 Å². The van der Waals surface area contributed by atoms with Crippen LogP contribution in [0.3, 0.4) is 0 Å². The zero-order valence-corrected chi connectivity index (χ0v) is 9.90. The fraction of sp³-hybridized carbons (Fsp3) is 0.538. The minimum atomic E-state index is -0.218. The van der Waals surface area contributed by atoms with Gasteiger partial charge in [0.2, 0.25) is 0 Å². The van der Waals surface area contributed by atoms with E-state index in [2.05, 4.69) is 43.0 Å². The van der Waals surface area contributed by atoms with Crippen LogP contribution < -0.4 is 4.90 Å². The van der Waals surface area contributed by atoms with E-state index < -0.39 is 0 Å². The highest BCUT2D eigenvalue weighted by molar-refractivity contribution is 5.47. The summed E-state index contributed by atoms with van der Waals surface area (Å²) in [4.78, 5) is 2.28. The Balaban J connectivity index is 2.61. The van der Waals surface area contributed by atoms with Crippen molar-refractivity contribution in [1.82, 2.24) is 0 Å². The molecule has 0 saturated carbocycles. The molecule has 0 spiro atoms. The standard InChI is InChI=1S/C13H21NO/c1-4-14(10-9-12(3)15)13-7-5-11(2)6-8-13/h5-8,12,15H,4,9-10H2,1-3H3. The summed E-state index contributed by atoms with van der Waals surface area (Å²) in [5, 5.41) is 9.26. The summed E-state index contributed by atoms with van der Waals surface area (Å²) in [7, 11) is 0. The maximum atomic E-state index is 9.26. The first kappa shape index (κ1) is 12.1. The van der Waals surface area contributed by atoms with Gasteiger partial charge >= 0.3 is 0 Å². The van der Waals surface area contributed by atoms with Gasteiger partial charge in [-0.3, -0.25) is 0 Å². The Hall–Kier alpha value is -1.02. The van der Waals surface area contributed by atoms with E-state index in [-0.39, 0.29) is 6.10 Å². The lowest BCUT2D eigenvalue weighted by Gasteiger charge is -2.23. The Kier molecular flexibility index (Phi) is 4.63. The van der Waals surface area contributed by atoms with E-state index in [0.717, 1.165) is 19.5 Å². The predicted molar refractivity (Wildman–Crippen MR) is 65.4 cm³/mol. The molecule has 0 aromatic heterocycles. The smallest absolute Gasteiger partial charge is 0.0528 e. The van der Waals surface area contributed by atoms with Crippen molar-refractivity contribution in [3.8, 4) is 0 Å². The van der Waals surface area contributed by atoms with Crippen molar-refractivity contribution < 1.29 is 5.11 Å². The summed E-state index contributed by atoms with van der Waals surface area (Å²) >= 11 is 0. The Morgan fingerprint density at radius 2 is 1.87 bits per heavy atom. The number of hydrogen-bond acceptors (Lipinski definition) is 2. The van der Waals surface area contributed by atoms with E-state index in [0.29, 0.717) is 0 Å². The van der Waals surface area contributed by atoms with Gasteiger partial charge in [-0.25, -0.2) is 0 Å². The maximum absolute atomic E-state index is 9.26. The van der Waals surface area contributed by atoms with Crippen LogP contribution in [0.4, 0.5) is 5.69 Å². The molecule has 0 aliphatic rings. The quantitative estimate of drug-likeness (QED) is 0.802. The second-order valence-corrected chi connectivity index (χ2v) is 4.05. The van der Waals surface area contributed by atoms with Gasteiger partial charge < -0.3 is 10.0 Å². The van der Waals surface area contributed by atoms with Gasteiger partial charge in [0, 0.05) is 18.8 Å². The molecule has 0 aliphatic carbocycles. The van der Waals surface area contributed by atoms with Crippen molar-refractivity contribution in [2.45, 2.75) is 33.3 Å². The number of rotatable bonds is 5. The van der Waals surface area contributed by atoms with Crippen molar-refractivity contribution >= 4 is 5.69 Å². The van der Waals surface area contributed by atoms with E-state index in [4.69, 9.17) is 0 Å². The SMILES string of the molecule is CCN(CCC(C)O)c1ccc(C)cc1. The fourth-order valence-corrected chi connectivity index (χ4v) is 1.57. The van der Waals surface area contributed by atoms with Gasteiger partial charge in [0.15, 0.2) is 0 Å². The lowest BCUT2D eigenvalue weighted by atomic mass is 10.2. The number of anilines is 1. The van der Waals surface area contributed by atoms with E-state index >= 15 is 0 Å². The molecule has 1 rings (SSSR count). The molecule has 0 radical (unpaired) electrons. The number of hydrogen-bond donors (Lipinski definition) is 1. The Morgan fingerprint density at radius 3 is 2.33 bits per heavy atom. The zero-order chi connectivity index (χ0) is 11.3. The molecule has 0 saturated heterocycles. The van der Waals surface area contributed by atoms with Crippen LogP contribution in [0, 0.1) is 6.92 Å². The molecular weight excluding hydrogens is 186 g/mol. The van der Waals surface area contributed by atoms with E-state index in [9.17, 15) is 5.11 Å². The summed E-state index contributed by atoms with van der Waals surface area (Å²) in [5.41, 5.74) is 2.52. The number of aliphatic hydroxyl groups excluding tert-OH is 1. The second-order valence-electron chi connectivity index (χ2n) is 4.05. The average molecular weight is 207 g/mol. The zero-order valence-electron chi connectivity index (χ0n) is 9.90. The molecule has 1 N–H and O–H groups in total. The van der Waals surface area contributed by atoms with Crippen LogP contribution in [0.5, 0.6) is 0 Å². The minimum absolute atomic E-state index is 0.218. The highest BCUT2D eigenvalue weighted by Crippen LogP contribution is 2.15. The molecule has 84 valence electrons. The number of aryl methyl sites for hydroxylation is 1. The van der Waals surface area contributed by atoms with Crippen LogP contribution in [-0.2, 0) is 0 Å². The van der Waals surface area contributed by atoms with Gasteiger partial charge in [0.25, 0.3) is 0 Å². The van der Waals surface area contributed by atoms with Gasteiger partial charge in [0.05, 0.1) is 6.10 Å². The molecule has 2 nitrogen and oxygen atoms in total. The van der Waals surface area contributed by atoms with Gasteiger partial charge in [-0.1, -0.05) is 17.7 Å². The topological polar surface area (TPSA) is 23.5 Å². The first-order valence-electron chi connectivity index (χ1n) is 5.63. The summed E-state index contributed by atoms with van der Waals surface area (Å²) in [6, 6.07) is 8.53. The molecule has 1 aromatic rings. The predicted octanol–water partition coefficient (Wildman–Crippen LogP) is 2.59. The summed E-state index contributed by atoms with van der Waals surface area (Å²) in [6.45, 7) is 7.97. The van der Waals surface area contributed by atoms with Crippen molar-refractivity contribution in [2.24, 2.45) is 0 Å². The molecule has 2 heteroatoms. The Labute approximate surface area is 92.5 Å². The molecule has 1 aromatic carbocycles. The third kappa shape index (κ3) is 3.92. The highest BCUT2D eigenvalue weighted by Gasteiger charge is 2.05. The van der Waals surface area contributed by atoms with Gasteiger partial charge in [-0.05, 0) is 39.3 Å². The maximum Gasteiger partial charge on any atom is 0.0528 e. The number of aliphatic hydroxyl groups is 1. The van der Waals surface area contributed by atoms with Crippen molar-refractivity contribution in [3.63, 3.8) is 0 Å². The number of benzene rings is 1. The molecule has 0 bridgehead atoms. The van der Waals surface area contributed by atoms with E-state index in [1.165, 1.54) is 11.3 Å². The van der Waals surface area contributed by atoms with Crippen molar-refractivity contribution in [3.05, 3.63) is 29.8 Å². The monoisotopic (exact) mass is 207 g/mol. The van der Waals surface area contributed by atoms with Gasteiger partial charge in [-0.2, -0.15) is 0 Å². The van der Waals surface area contributed by atoms with Crippen LogP contribution in [0.1, 0.15) is 25.8 Å². The third-order valence-electron chi connectivity index (χ3n) is 2.60. The van der Waals surface area contributed by atoms with Crippen LogP contribution in [0.15, 0.2) is 24.3 Å². The lowest BCUT2D eigenvalue weighted by Crippen LogP contribution is -2.26. The molecule has 0 aliphatic heterocycles. The summed E-state index contributed by atoms with van der Waals surface area (Å²) < 4.78 is 0. The molecule has 1 unspecified atom stereocenters. The average Bonchev–Trinajstić information content (AvgIpc) is 2.21. The van der Waals surface area contributed by atoms with Crippen LogP contribution in [0.2, 0.25) is 0 Å².